The number of aliphatic imine (C=N–C) groups is 1. The Kier molecular flexibility index (Phi) is 5.19. The maximum absolute atomic E-state index is 6.19. The van der Waals surface area contributed by atoms with Crippen molar-refractivity contribution in [2.75, 3.05) is 25.1 Å². The first-order valence-corrected chi connectivity index (χ1v) is 9.77. The fourth-order valence-corrected chi connectivity index (χ4v) is 4.05. The van der Waals surface area contributed by atoms with Gasteiger partial charge in [0.05, 0.1) is 19.8 Å². The van der Waals surface area contributed by atoms with Gasteiger partial charge in [-0.3, -0.25) is 4.99 Å². The van der Waals surface area contributed by atoms with E-state index in [4.69, 9.17) is 20.2 Å². The summed E-state index contributed by atoms with van der Waals surface area (Å²) in [5.74, 6) is 1.97. The molecule has 1 heterocycles. The molecule has 0 unspecified atom stereocenters. The number of nitrogens with two attached hydrogens (primary N) is 1. The first kappa shape index (κ1) is 17.7. The zero-order chi connectivity index (χ0) is 18.5. The van der Waals surface area contributed by atoms with Crippen molar-refractivity contribution in [2.24, 2.45) is 10.7 Å². The van der Waals surface area contributed by atoms with Crippen LogP contribution in [0.4, 0.5) is 5.69 Å². The van der Waals surface area contributed by atoms with Crippen LogP contribution in [-0.4, -0.2) is 25.7 Å². The molecule has 3 N–H and O–H groups in total. The molecule has 0 amide bonds. The smallest absolute Gasteiger partial charge is 0.193 e. The molecule has 0 spiro atoms. The van der Waals surface area contributed by atoms with E-state index in [2.05, 4.69) is 35.6 Å². The van der Waals surface area contributed by atoms with Crippen molar-refractivity contribution in [1.29, 1.82) is 0 Å². The molecule has 0 aromatic heterocycles. The predicted molar refractivity (Wildman–Crippen MR) is 109 cm³/mol. The standard InChI is InChI=1S/C22H27N3O2/c23-21(25-18-9-10-19-20(15-18)27-14-6-13-26-19)24-16-22(11-4-5-12-22)17-7-2-1-3-8-17/h1-3,7-10,15H,4-6,11-14,16H2,(H3,23,24,25). The maximum atomic E-state index is 6.19. The lowest BCUT2D eigenvalue weighted by Gasteiger charge is -2.28. The van der Waals surface area contributed by atoms with Gasteiger partial charge in [-0.05, 0) is 30.5 Å². The Balaban J connectivity index is 1.47. The zero-order valence-electron chi connectivity index (χ0n) is 15.6. The van der Waals surface area contributed by atoms with Crippen LogP contribution in [0, 0.1) is 0 Å². The van der Waals surface area contributed by atoms with Gasteiger partial charge < -0.3 is 20.5 Å². The highest BCUT2D eigenvalue weighted by Crippen LogP contribution is 2.41. The van der Waals surface area contributed by atoms with Crippen molar-refractivity contribution in [3.05, 3.63) is 54.1 Å². The van der Waals surface area contributed by atoms with Gasteiger partial charge in [0.2, 0.25) is 0 Å². The topological polar surface area (TPSA) is 68.9 Å². The van der Waals surface area contributed by atoms with Crippen LogP contribution >= 0.6 is 0 Å². The second-order valence-electron chi connectivity index (χ2n) is 7.39. The number of nitrogens with zero attached hydrogens (tertiary/aromatic N) is 1. The van der Waals surface area contributed by atoms with Crippen LogP contribution in [0.1, 0.15) is 37.7 Å². The minimum Gasteiger partial charge on any atom is -0.490 e. The van der Waals surface area contributed by atoms with Crippen LogP contribution in [-0.2, 0) is 5.41 Å². The average Bonchev–Trinajstić information content (AvgIpc) is 3.07. The quantitative estimate of drug-likeness (QED) is 0.633. The number of guanidine groups is 1. The Labute approximate surface area is 160 Å². The molecule has 2 aliphatic rings. The third-order valence-electron chi connectivity index (χ3n) is 5.52. The van der Waals surface area contributed by atoms with Crippen LogP contribution in [0.25, 0.3) is 0 Å². The lowest BCUT2D eigenvalue weighted by atomic mass is 9.79. The highest BCUT2D eigenvalue weighted by Gasteiger charge is 2.35. The summed E-state index contributed by atoms with van der Waals surface area (Å²) in [7, 11) is 0. The summed E-state index contributed by atoms with van der Waals surface area (Å²) in [4.78, 5) is 4.69. The minimum absolute atomic E-state index is 0.109. The molecule has 142 valence electrons. The minimum atomic E-state index is 0.109. The van der Waals surface area contributed by atoms with Crippen LogP contribution < -0.4 is 20.5 Å². The van der Waals surface area contributed by atoms with E-state index in [0.717, 1.165) is 36.4 Å². The molecule has 2 aromatic rings. The highest BCUT2D eigenvalue weighted by molar-refractivity contribution is 5.92. The van der Waals surface area contributed by atoms with Gasteiger partial charge >= 0.3 is 0 Å². The molecule has 0 radical (unpaired) electrons. The van der Waals surface area contributed by atoms with E-state index in [1.165, 1.54) is 18.4 Å². The number of fused-ring (bicyclic) bond motifs is 1. The van der Waals surface area contributed by atoms with Gasteiger partial charge in [-0.15, -0.1) is 0 Å². The molecule has 2 aromatic carbocycles. The molecule has 1 saturated carbocycles. The monoisotopic (exact) mass is 365 g/mol. The fourth-order valence-electron chi connectivity index (χ4n) is 4.05. The maximum Gasteiger partial charge on any atom is 0.193 e. The van der Waals surface area contributed by atoms with E-state index in [9.17, 15) is 0 Å². The summed E-state index contributed by atoms with van der Waals surface area (Å²) < 4.78 is 11.4. The number of hydrogen-bond donors (Lipinski definition) is 2. The van der Waals surface area contributed by atoms with Gasteiger partial charge in [0.1, 0.15) is 0 Å². The Morgan fingerprint density at radius 2 is 1.70 bits per heavy atom. The molecule has 1 aliphatic heterocycles. The Bertz CT molecular complexity index is 798. The summed E-state index contributed by atoms with van der Waals surface area (Å²) in [5, 5.41) is 3.20. The molecule has 0 atom stereocenters. The molecule has 5 nitrogen and oxygen atoms in total. The average molecular weight is 365 g/mol. The first-order chi connectivity index (χ1) is 13.3. The molecule has 1 fully saturated rings. The normalized spacial score (nSPS) is 18.7. The molecule has 5 heteroatoms. The lowest BCUT2D eigenvalue weighted by molar-refractivity contribution is 0.297. The van der Waals surface area contributed by atoms with Crippen molar-refractivity contribution in [3.8, 4) is 11.5 Å². The van der Waals surface area contributed by atoms with Crippen molar-refractivity contribution in [1.82, 2.24) is 0 Å². The molecule has 1 aliphatic carbocycles. The number of nitrogens with one attached hydrogen (secondary N) is 1. The van der Waals surface area contributed by atoms with Crippen molar-refractivity contribution >= 4 is 11.6 Å². The van der Waals surface area contributed by atoms with Crippen LogP contribution in [0.2, 0.25) is 0 Å². The Morgan fingerprint density at radius 3 is 2.48 bits per heavy atom. The number of anilines is 1. The Hall–Kier alpha value is -2.69. The Morgan fingerprint density at radius 1 is 0.963 bits per heavy atom. The van der Waals surface area contributed by atoms with E-state index in [1.807, 2.05) is 18.2 Å². The number of benzene rings is 2. The van der Waals surface area contributed by atoms with E-state index < -0.39 is 0 Å². The first-order valence-electron chi connectivity index (χ1n) is 9.77. The lowest BCUT2D eigenvalue weighted by Crippen LogP contribution is -2.30. The van der Waals surface area contributed by atoms with Gasteiger partial charge in [0, 0.05) is 23.6 Å². The van der Waals surface area contributed by atoms with Gasteiger partial charge in [-0.1, -0.05) is 43.2 Å². The number of rotatable bonds is 4. The zero-order valence-corrected chi connectivity index (χ0v) is 15.6. The summed E-state index contributed by atoms with van der Waals surface area (Å²) in [5.41, 5.74) is 8.54. The molecule has 0 bridgehead atoms. The van der Waals surface area contributed by atoms with Gasteiger partial charge in [-0.2, -0.15) is 0 Å². The van der Waals surface area contributed by atoms with Gasteiger partial charge in [-0.25, -0.2) is 0 Å². The summed E-state index contributed by atoms with van der Waals surface area (Å²) in [6.07, 6.45) is 5.72. The third kappa shape index (κ3) is 4.02. The molecular formula is C22H27N3O2. The number of hydrogen-bond acceptors (Lipinski definition) is 3. The van der Waals surface area contributed by atoms with Gasteiger partial charge in [0.25, 0.3) is 0 Å². The van der Waals surface area contributed by atoms with Crippen molar-refractivity contribution < 1.29 is 9.47 Å². The molecule has 4 rings (SSSR count). The van der Waals surface area contributed by atoms with Crippen LogP contribution in [0.15, 0.2) is 53.5 Å². The van der Waals surface area contributed by atoms with E-state index in [1.54, 1.807) is 0 Å². The fraction of sp³-hybridized carbons (Fsp3) is 0.409. The predicted octanol–water partition coefficient (Wildman–Crippen LogP) is 4.09. The summed E-state index contributed by atoms with van der Waals surface area (Å²) in [6.45, 7) is 2.06. The summed E-state index contributed by atoms with van der Waals surface area (Å²) in [6, 6.07) is 16.5. The second-order valence-corrected chi connectivity index (χ2v) is 7.39. The second kappa shape index (κ2) is 7.91. The van der Waals surface area contributed by atoms with Gasteiger partial charge in [0.15, 0.2) is 17.5 Å². The van der Waals surface area contributed by atoms with E-state index >= 15 is 0 Å². The van der Waals surface area contributed by atoms with Crippen LogP contribution in [0.3, 0.4) is 0 Å². The molecule has 27 heavy (non-hydrogen) atoms. The molecule has 0 saturated heterocycles. The molecular weight excluding hydrogens is 338 g/mol. The largest absolute Gasteiger partial charge is 0.490 e. The van der Waals surface area contributed by atoms with Crippen molar-refractivity contribution in [3.63, 3.8) is 0 Å². The van der Waals surface area contributed by atoms with Crippen molar-refractivity contribution in [2.45, 2.75) is 37.5 Å². The number of ether oxygens (including phenoxy) is 2. The highest BCUT2D eigenvalue weighted by atomic mass is 16.5. The van der Waals surface area contributed by atoms with E-state index in [0.29, 0.717) is 25.7 Å². The third-order valence-corrected chi connectivity index (χ3v) is 5.52. The van der Waals surface area contributed by atoms with Crippen LogP contribution in [0.5, 0.6) is 11.5 Å². The summed E-state index contributed by atoms with van der Waals surface area (Å²) >= 11 is 0. The van der Waals surface area contributed by atoms with E-state index in [-0.39, 0.29) is 5.41 Å². The SMILES string of the molecule is NC(=NCC1(c2ccccc2)CCCC1)Nc1ccc2c(c1)OCCCO2.